The van der Waals surface area contributed by atoms with Gasteiger partial charge in [0.25, 0.3) is 0 Å². The molecule has 0 aliphatic carbocycles. The van der Waals surface area contributed by atoms with Crippen LogP contribution < -0.4 is 5.32 Å². The van der Waals surface area contributed by atoms with Crippen LogP contribution in [0.3, 0.4) is 0 Å². The monoisotopic (exact) mass is 428 g/mol. The summed E-state index contributed by atoms with van der Waals surface area (Å²) in [5, 5.41) is 4.78. The summed E-state index contributed by atoms with van der Waals surface area (Å²) in [5.41, 5.74) is 1.06. The molecule has 8 heteroatoms. The van der Waals surface area contributed by atoms with Crippen LogP contribution >= 0.6 is 0 Å². The molecule has 0 saturated carbocycles. The molecule has 6 nitrogen and oxygen atoms in total. The van der Waals surface area contributed by atoms with Gasteiger partial charge in [0.05, 0.1) is 19.6 Å². The molecule has 1 fully saturated rings. The van der Waals surface area contributed by atoms with Gasteiger partial charge in [-0.2, -0.15) is 4.31 Å². The van der Waals surface area contributed by atoms with Crippen molar-refractivity contribution in [3.05, 3.63) is 72.0 Å². The molecule has 0 aromatic heterocycles. The molecular weight excluding hydrogens is 407 g/mol. The third kappa shape index (κ3) is 4.35. The van der Waals surface area contributed by atoms with Crippen LogP contribution in [0.25, 0.3) is 10.8 Å². The topological polar surface area (TPSA) is 75.7 Å². The van der Waals surface area contributed by atoms with Gasteiger partial charge >= 0.3 is 0 Å². The molecule has 1 aliphatic rings. The van der Waals surface area contributed by atoms with Crippen molar-refractivity contribution >= 4 is 32.4 Å². The van der Waals surface area contributed by atoms with Gasteiger partial charge in [0.2, 0.25) is 15.9 Å². The first-order valence-corrected chi connectivity index (χ1v) is 11.0. The van der Waals surface area contributed by atoms with Crippen LogP contribution in [0.1, 0.15) is 5.56 Å². The normalized spacial score (nSPS) is 15.2. The van der Waals surface area contributed by atoms with Crippen LogP contribution in [0.15, 0.2) is 65.6 Å². The lowest BCUT2D eigenvalue weighted by molar-refractivity contribution is -0.115. The van der Waals surface area contributed by atoms with Crippen molar-refractivity contribution in [2.75, 3.05) is 31.6 Å². The van der Waals surface area contributed by atoms with E-state index in [0.29, 0.717) is 0 Å². The summed E-state index contributed by atoms with van der Waals surface area (Å²) in [7, 11) is -4.01. The van der Waals surface area contributed by atoms with Crippen LogP contribution in [0.5, 0.6) is 0 Å². The molecule has 1 amide bonds. The van der Waals surface area contributed by atoms with E-state index in [1.165, 1.54) is 16.4 Å². The van der Waals surface area contributed by atoms with Crippen LogP contribution in [-0.4, -0.2) is 44.9 Å². The van der Waals surface area contributed by atoms with E-state index in [0.717, 1.165) is 22.4 Å². The summed E-state index contributed by atoms with van der Waals surface area (Å²) in [4.78, 5) is 12.0. The van der Waals surface area contributed by atoms with Crippen molar-refractivity contribution in [1.29, 1.82) is 0 Å². The Bertz CT molecular complexity index is 1190. The Labute approximate surface area is 174 Å². The predicted octanol–water partition coefficient (Wildman–Crippen LogP) is 3.18. The van der Waals surface area contributed by atoms with Gasteiger partial charge in [-0.05, 0) is 34.5 Å². The maximum atomic E-state index is 14.3. The molecule has 1 aliphatic heterocycles. The Morgan fingerprint density at radius 1 is 1.00 bits per heavy atom. The first-order chi connectivity index (χ1) is 14.4. The number of nitrogens with one attached hydrogen (secondary N) is 1. The second kappa shape index (κ2) is 8.51. The summed E-state index contributed by atoms with van der Waals surface area (Å²) < 4.78 is 46.2. The van der Waals surface area contributed by atoms with E-state index in [1.54, 1.807) is 0 Å². The molecule has 3 aromatic carbocycles. The molecule has 0 bridgehead atoms. The summed E-state index contributed by atoms with van der Waals surface area (Å²) in [6.07, 6.45) is 0.119. The van der Waals surface area contributed by atoms with E-state index in [4.69, 9.17) is 4.74 Å². The smallest absolute Gasteiger partial charge is 0.246 e. The number of amides is 1. The Morgan fingerprint density at radius 3 is 2.50 bits per heavy atom. The third-order valence-electron chi connectivity index (χ3n) is 4.98. The number of rotatable bonds is 5. The second-order valence-electron chi connectivity index (χ2n) is 7.07. The van der Waals surface area contributed by atoms with E-state index in [9.17, 15) is 17.6 Å². The van der Waals surface area contributed by atoms with E-state index in [2.05, 4.69) is 5.32 Å². The summed E-state index contributed by atoms with van der Waals surface area (Å²) in [5.74, 6) is -1.17. The average molecular weight is 428 g/mol. The summed E-state index contributed by atoms with van der Waals surface area (Å²) in [6.45, 7) is 0.868. The maximum absolute atomic E-state index is 14.3. The molecule has 4 rings (SSSR count). The second-order valence-corrected chi connectivity index (χ2v) is 8.97. The van der Waals surface area contributed by atoms with Crippen LogP contribution in [0.2, 0.25) is 0 Å². The van der Waals surface area contributed by atoms with Gasteiger partial charge in [0.1, 0.15) is 10.7 Å². The standard InChI is InChI=1S/C22H21FN2O4S/c23-20-8-7-19(15-21(20)30(27,28)25-9-11-29-12-10-25)24-22(26)14-16-5-6-17-3-1-2-4-18(17)13-16/h1-8,13,15H,9-12,14H2,(H,24,26). The number of anilines is 1. The molecule has 0 atom stereocenters. The number of fused-ring (bicyclic) bond motifs is 1. The molecule has 1 N–H and O–H groups in total. The number of morpholine rings is 1. The van der Waals surface area contributed by atoms with Gasteiger partial charge in [-0.3, -0.25) is 4.79 Å². The first-order valence-electron chi connectivity index (χ1n) is 9.58. The van der Waals surface area contributed by atoms with Crippen molar-refractivity contribution in [3.63, 3.8) is 0 Å². The lowest BCUT2D eigenvalue weighted by Crippen LogP contribution is -2.40. The van der Waals surface area contributed by atoms with Crippen molar-refractivity contribution in [1.82, 2.24) is 4.31 Å². The van der Waals surface area contributed by atoms with Crippen LogP contribution in [-0.2, 0) is 26.0 Å². The lowest BCUT2D eigenvalue weighted by atomic mass is 10.0. The SMILES string of the molecule is O=C(Cc1ccc2ccccc2c1)Nc1ccc(F)c(S(=O)(=O)N2CCOCC2)c1. The Kier molecular flexibility index (Phi) is 5.80. The summed E-state index contributed by atoms with van der Waals surface area (Å²) >= 11 is 0. The highest BCUT2D eigenvalue weighted by Crippen LogP contribution is 2.24. The first kappa shape index (κ1) is 20.5. The zero-order chi connectivity index (χ0) is 21.1. The van der Waals surface area contributed by atoms with Gasteiger partial charge in [-0.1, -0.05) is 42.5 Å². The van der Waals surface area contributed by atoms with Crippen molar-refractivity contribution in [2.45, 2.75) is 11.3 Å². The molecule has 0 unspecified atom stereocenters. The van der Waals surface area contributed by atoms with E-state index >= 15 is 0 Å². The van der Waals surface area contributed by atoms with E-state index < -0.39 is 20.7 Å². The lowest BCUT2D eigenvalue weighted by Gasteiger charge is -2.26. The van der Waals surface area contributed by atoms with Crippen molar-refractivity contribution in [2.24, 2.45) is 0 Å². The quantitative estimate of drug-likeness (QED) is 0.677. The fraction of sp³-hybridized carbons (Fsp3) is 0.227. The molecule has 156 valence electrons. The number of carbonyl (C=O) groups is 1. The maximum Gasteiger partial charge on any atom is 0.246 e. The minimum Gasteiger partial charge on any atom is -0.379 e. The molecule has 3 aromatic rings. The zero-order valence-corrected chi connectivity index (χ0v) is 17.0. The summed E-state index contributed by atoms with van der Waals surface area (Å²) in [6, 6.07) is 17.2. The van der Waals surface area contributed by atoms with Crippen LogP contribution in [0.4, 0.5) is 10.1 Å². The highest BCUT2D eigenvalue weighted by molar-refractivity contribution is 7.89. The molecule has 30 heavy (non-hydrogen) atoms. The van der Waals surface area contributed by atoms with Gasteiger partial charge in [-0.15, -0.1) is 0 Å². The predicted molar refractivity (Wildman–Crippen MR) is 112 cm³/mol. The number of nitrogens with zero attached hydrogens (tertiary/aromatic N) is 1. The van der Waals surface area contributed by atoms with Gasteiger partial charge in [-0.25, -0.2) is 12.8 Å². The number of ether oxygens (including phenoxy) is 1. The number of halogens is 1. The molecule has 0 radical (unpaired) electrons. The van der Waals surface area contributed by atoms with Gasteiger partial charge in [0, 0.05) is 18.8 Å². The number of hydrogen-bond donors (Lipinski definition) is 1. The zero-order valence-electron chi connectivity index (χ0n) is 16.2. The van der Waals surface area contributed by atoms with E-state index in [-0.39, 0.29) is 44.3 Å². The number of carbonyl (C=O) groups excluding carboxylic acids is 1. The number of benzene rings is 3. The van der Waals surface area contributed by atoms with Gasteiger partial charge in [0.15, 0.2) is 0 Å². The molecule has 1 heterocycles. The molecule has 1 saturated heterocycles. The van der Waals surface area contributed by atoms with Crippen molar-refractivity contribution < 1.29 is 22.3 Å². The van der Waals surface area contributed by atoms with Crippen LogP contribution in [0, 0.1) is 5.82 Å². The highest BCUT2D eigenvalue weighted by Gasteiger charge is 2.29. The number of sulfonamides is 1. The third-order valence-corrected chi connectivity index (χ3v) is 6.90. The highest BCUT2D eigenvalue weighted by atomic mass is 32.2. The largest absolute Gasteiger partial charge is 0.379 e. The Morgan fingerprint density at radius 2 is 1.73 bits per heavy atom. The average Bonchev–Trinajstić information content (AvgIpc) is 2.75. The Balaban J connectivity index is 1.51. The van der Waals surface area contributed by atoms with E-state index in [1.807, 2.05) is 42.5 Å². The number of hydrogen-bond acceptors (Lipinski definition) is 4. The fourth-order valence-corrected chi connectivity index (χ4v) is 4.94. The Hall–Kier alpha value is -2.81. The van der Waals surface area contributed by atoms with Crippen molar-refractivity contribution in [3.8, 4) is 0 Å². The minimum atomic E-state index is -4.01. The molecule has 0 spiro atoms. The fourth-order valence-electron chi connectivity index (χ4n) is 3.44. The van der Waals surface area contributed by atoms with Gasteiger partial charge < -0.3 is 10.1 Å². The molecular formula is C22H21FN2O4S. The minimum absolute atomic E-state index is 0.119.